The van der Waals surface area contributed by atoms with E-state index >= 15 is 0 Å². The number of ketones is 1. The second kappa shape index (κ2) is 6.57. The fourth-order valence-corrected chi connectivity index (χ4v) is 3.63. The lowest BCUT2D eigenvalue weighted by atomic mass is 9.77. The van der Waals surface area contributed by atoms with E-state index in [4.69, 9.17) is 9.47 Å². The zero-order valence-electron chi connectivity index (χ0n) is 14.4. The summed E-state index contributed by atoms with van der Waals surface area (Å²) in [4.78, 5) is 12.7. The molecule has 2 aliphatic rings. The molecule has 1 aliphatic carbocycles. The summed E-state index contributed by atoms with van der Waals surface area (Å²) in [5.41, 5.74) is 1.90. The predicted octanol–water partition coefficient (Wildman–Crippen LogP) is 4.01. The molecule has 0 radical (unpaired) electrons. The number of benzene rings is 1. The lowest BCUT2D eigenvalue weighted by molar-refractivity contribution is -0.116. The van der Waals surface area contributed by atoms with E-state index in [0.717, 1.165) is 12.0 Å². The minimum absolute atomic E-state index is 0.0541. The van der Waals surface area contributed by atoms with Gasteiger partial charge in [-0.15, -0.1) is 0 Å². The van der Waals surface area contributed by atoms with Crippen molar-refractivity contribution in [2.24, 2.45) is 0 Å². The van der Waals surface area contributed by atoms with Gasteiger partial charge in [0.2, 0.25) is 5.88 Å². The molecule has 1 aromatic heterocycles. The number of rotatable bonds is 3. The topological polar surface area (TPSA) is 64.2 Å². The molecular weight excluding hydrogens is 328 g/mol. The van der Waals surface area contributed by atoms with Crippen molar-refractivity contribution < 1.29 is 14.3 Å². The Balaban J connectivity index is 1.94. The van der Waals surface area contributed by atoms with Gasteiger partial charge in [-0.05, 0) is 36.2 Å². The molecule has 2 aromatic rings. The highest BCUT2D eigenvalue weighted by molar-refractivity contribution is 6.00. The lowest BCUT2D eigenvalue weighted by Gasteiger charge is -2.32. The lowest BCUT2D eigenvalue weighted by Crippen LogP contribution is -2.26. The number of nitriles is 1. The fourth-order valence-electron chi connectivity index (χ4n) is 3.63. The number of carbonyl (C=O) groups excluding carboxylic acids is 1. The number of ether oxygens (including phenoxy) is 2. The summed E-state index contributed by atoms with van der Waals surface area (Å²) in [6, 6.07) is 13.6. The molecule has 26 heavy (non-hydrogen) atoms. The Morgan fingerprint density at radius 3 is 2.77 bits per heavy atom. The molecule has 130 valence electrons. The molecule has 0 fully saturated rings. The maximum Gasteiger partial charge on any atom is 0.218 e. The van der Waals surface area contributed by atoms with Gasteiger partial charge in [0.1, 0.15) is 23.2 Å². The average Bonchev–Trinajstić information content (AvgIpc) is 3.21. The summed E-state index contributed by atoms with van der Waals surface area (Å²) < 4.78 is 13.2. The van der Waals surface area contributed by atoms with Crippen LogP contribution >= 0.6 is 0 Å². The van der Waals surface area contributed by atoms with Gasteiger partial charge in [-0.3, -0.25) is 9.36 Å². The van der Waals surface area contributed by atoms with E-state index in [-0.39, 0.29) is 5.78 Å². The number of nitrogens with zero attached hydrogens (tertiary/aromatic N) is 2. The van der Waals surface area contributed by atoms with Crippen LogP contribution in [0.3, 0.4) is 0 Å². The number of carbonyl (C=O) groups is 1. The largest absolute Gasteiger partial charge is 0.497 e. The van der Waals surface area contributed by atoms with Gasteiger partial charge >= 0.3 is 0 Å². The molecule has 0 saturated carbocycles. The molecule has 0 saturated heterocycles. The third-order valence-electron chi connectivity index (χ3n) is 4.82. The average molecular weight is 346 g/mol. The number of aromatic nitrogens is 1. The third kappa shape index (κ3) is 2.60. The Hall–Kier alpha value is -3.26. The standard InChI is InChI=1S/C21H18N2O3/c1-25-15-7-4-6-14(12-15)19-16(13-22)21(23-10-2-3-11-23)26-18-9-5-8-17(24)20(18)19/h2-4,6-7,10-12,19H,5,8-9H2,1H3. The van der Waals surface area contributed by atoms with Crippen molar-refractivity contribution in [1.29, 1.82) is 5.26 Å². The van der Waals surface area contributed by atoms with Crippen molar-refractivity contribution in [2.45, 2.75) is 25.2 Å². The summed E-state index contributed by atoms with van der Waals surface area (Å²) in [7, 11) is 1.60. The summed E-state index contributed by atoms with van der Waals surface area (Å²) in [5.74, 6) is 1.46. The molecule has 1 atom stereocenters. The minimum Gasteiger partial charge on any atom is -0.497 e. The number of Topliss-reactive ketones (excluding diaryl/α,β-unsaturated/α-hetero) is 1. The van der Waals surface area contributed by atoms with Crippen LogP contribution in [-0.2, 0) is 9.53 Å². The SMILES string of the molecule is COc1cccc(C2C(C#N)=C(n3cccc3)OC3=C2C(=O)CCC3)c1. The number of allylic oxidation sites excluding steroid dienone is 3. The molecule has 0 N–H and O–H groups in total. The van der Waals surface area contributed by atoms with Gasteiger partial charge < -0.3 is 9.47 Å². The first-order chi connectivity index (χ1) is 12.7. The Morgan fingerprint density at radius 1 is 1.23 bits per heavy atom. The van der Waals surface area contributed by atoms with Crippen LogP contribution in [0, 0.1) is 11.3 Å². The predicted molar refractivity (Wildman–Crippen MR) is 96.0 cm³/mol. The molecule has 0 amide bonds. The van der Waals surface area contributed by atoms with Crippen LogP contribution in [0.2, 0.25) is 0 Å². The normalized spacial score (nSPS) is 19.7. The van der Waals surface area contributed by atoms with E-state index in [9.17, 15) is 10.1 Å². The van der Waals surface area contributed by atoms with Gasteiger partial charge in [0.15, 0.2) is 5.78 Å². The minimum atomic E-state index is -0.441. The van der Waals surface area contributed by atoms with Crippen LogP contribution < -0.4 is 4.74 Å². The van der Waals surface area contributed by atoms with E-state index in [1.54, 1.807) is 11.7 Å². The Morgan fingerprint density at radius 2 is 2.04 bits per heavy atom. The van der Waals surface area contributed by atoms with Gasteiger partial charge in [0.05, 0.1) is 13.0 Å². The van der Waals surface area contributed by atoms with Crippen LogP contribution in [-0.4, -0.2) is 17.5 Å². The highest BCUT2D eigenvalue weighted by Gasteiger charge is 2.39. The van der Waals surface area contributed by atoms with Crippen molar-refractivity contribution in [3.8, 4) is 11.8 Å². The number of hydrogen-bond acceptors (Lipinski definition) is 4. The zero-order chi connectivity index (χ0) is 18.1. The molecule has 5 heteroatoms. The first kappa shape index (κ1) is 16.2. The smallest absolute Gasteiger partial charge is 0.218 e. The quantitative estimate of drug-likeness (QED) is 0.842. The number of hydrogen-bond donors (Lipinski definition) is 0. The Bertz CT molecular complexity index is 961. The van der Waals surface area contributed by atoms with E-state index in [0.29, 0.717) is 41.4 Å². The maximum absolute atomic E-state index is 12.7. The summed E-state index contributed by atoms with van der Waals surface area (Å²) in [6.45, 7) is 0. The Kier molecular flexibility index (Phi) is 4.10. The monoisotopic (exact) mass is 346 g/mol. The van der Waals surface area contributed by atoms with Crippen LogP contribution in [0.15, 0.2) is 65.7 Å². The van der Waals surface area contributed by atoms with Gasteiger partial charge in [-0.2, -0.15) is 5.26 Å². The third-order valence-corrected chi connectivity index (χ3v) is 4.82. The van der Waals surface area contributed by atoms with Crippen LogP contribution in [0.25, 0.3) is 5.88 Å². The molecule has 0 spiro atoms. The molecular formula is C21H18N2O3. The second-order valence-corrected chi connectivity index (χ2v) is 6.35. The van der Waals surface area contributed by atoms with E-state index < -0.39 is 5.92 Å². The van der Waals surface area contributed by atoms with Crippen LogP contribution in [0.1, 0.15) is 30.7 Å². The van der Waals surface area contributed by atoms with Crippen molar-refractivity contribution in [3.05, 3.63) is 71.3 Å². The number of methoxy groups -OCH3 is 1. The zero-order valence-corrected chi connectivity index (χ0v) is 14.4. The molecule has 1 aliphatic heterocycles. The molecule has 2 heterocycles. The second-order valence-electron chi connectivity index (χ2n) is 6.35. The van der Waals surface area contributed by atoms with Gasteiger partial charge in [0, 0.05) is 30.8 Å². The van der Waals surface area contributed by atoms with Crippen molar-refractivity contribution >= 4 is 11.7 Å². The van der Waals surface area contributed by atoms with Crippen molar-refractivity contribution in [3.63, 3.8) is 0 Å². The molecule has 1 unspecified atom stereocenters. The summed E-state index contributed by atoms with van der Waals surface area (Å²) >= 11 is 0. The van der Waals surface area contributed by atoms with Gasteiger partial charge in [0.25, 0.3) is 0 Å². The van der Waals surface area contributed by atoms with Gasteiger partial charge in [-0.1, -0.05) is 12.1 Å². The first-order valence-electron chi connectivity index (χ1n) is 8.58. The first-order valence-corrected chi connectivity index (χ1v) is 8.58. The van der Waals surface area contributed by atoms with Crippen molar-refractivity contribution in [1.82, 2.24) is 4.57 Å². The molecule has 1 aromatic carbocycles. The van der Waals surface area contributed by atoms with E-state index in [1.165, 1.54) is 0 Å². The molecule has 4 rings (SSSR count). The van der Waals surface area contributed by atoms with Gasteiger partial charge in [-0.25, -0.2) is 0 Å². The summed E-state index contributed by atoms with van der Waals surface area (Å²) in [5, 5.41) is 9.93. The van der Waals surface area contributed by atoms with Crippen LogP contribution in [0.5, 0.6) is 5.75 Å². The van der Waals surface area contributed by atoms with Crippen LogP contribution in [0.4, 0.5) is 0 Å². The fraction of sp³-hybridized carbons (Fsp3) is 0.238. The maximum atomic E-state index is 12.7. The Labute approximate surface area is 151 Å². The highest BCUT2D eigenvalue weighted by Crippen LogP contribution is 2.45. The highest BCUT2D eigenvalue weighted by atomic mass is 16.5. The van der Waals surface area contributed by atoms with E-state index in [1.807, 2.05) is 48.8 Å². The van der Waals surface area contributed by atoms with E-state index in [2.05, 4.69) is 6.07 Å². The molecule has 0 bridgehead atoms. The molecule has 5 nitrogen and oxygen atoms in total. The summed E-state index contributed by atoms with van der Waals surface area (Å²) in [6.07, 6.45) is 5.63. The van der Waals surface area contributed by atoms with Crippen molar-refractivity contribution in [2.75, 3.05) is 7.11 Å².